The second kappa shape index (κ2) is 6.18. The summed E-state index contributed by atoms with van der Waals surface area (Å²) < 4.78 is 0. The van der Waals surface area contributed by atoms with Crippen molar-refractivity contribution in [1.29, 1.82) is 0 Å². The smallest absolute Gasteiger partial charge is 0.230 e. The lowest BCUT2D eigenvalue weighted by atomic mass is 9.85. The molecule has 1 aliphatic rings. The molecule has 104 valence electrons. The maximum atomic E-state index is 12.0. The third-order valence-corrected chi connectivity index (χ3v) is 4.04. The van der Waals surface area contributed by atoms with Crippen LogP contribution < -0.4 is 0 Å². The minimum Gasteiger partial charge on any atom is -0.337 e. The van der Waals surface area contributed by atoms with Gasteiger partial charge in [-0.2, -0.15) is 0 Å². The van der Waals surface area contributed by atoms with Gasteiger partial charge in [0.1, 0.15) is 5.78 Å². The number of carbonyl (C=O) groups is 2. The summed E-state index contributed by atoms with van der Waals surface area (Å²) in [5.74, 6) is 0.656. The fraction of sp³-hybridized carbons (Fsp3) is 0.857. The molecule has 0 aromatic carbocycles. The second-order valence-corrected chi connectivity index (χ2v) is 7.13. The maximum Gasteiger partial charge on any atom is 0.230 e. The summed E-state index contributed by atoms with van der Waals surface area (Å²) >= 11 is 3.43. The molecular weight excluding hydrogens is 294 g/mol. The molecule has 0 bridgehead atoms. The van der Waals surface area contributed by atoms with E-state index in [0.717, 1.165) is 18.2 Å². The predicted octanol–water partition coefficient (Wildman–Crippen LogP) is 3.01. The second-order valence-electron chi connectivity index (χ2n) is 6.33. The molecule has 0 radical (unpaired) electrons. The summed E-state index contributed by atoms with van der Waals surface area (Å²) in [5.41, 5.74) is -0.186. The molecule has 0 saturated carbocycles. The zero-order valence-corrected chi connectivity index (χ0v) is 13.4. The summed E-state index contributed by atoms with van der Waals surface area (Å²) in [6.07, 6.45) is 2.06. The Morgan fingerprint density at radius 3 is 2.50 bits per heavy atom. The van der Waals surface area contributed by atoms with Crippen LogP contribution in [0.5, 0.6) is 0 Å². The molecule has 0 spiro atoms. The molecule has 0 aromatic heterocycles. The number of amides is 1. The average molecular weight is 318 g/mol. The zero-order valence-electron chi connectivity index (χ0n) is 11.8. The fourth-order valence-corrected chi connectivity index (χ4v) is 3.24. The number of piperidine rings is 1. The Hall–Kier alpha value is -0.380. The Morgan fingerprint density at radius 1 is 1.39 bits per heavy atom. The molecule has 1 fully saturated rings. The molecule has 3 nitrogen and oxygen atoms in total. The van der Waals surface area contributed by atoms with E-state index in [1.807, 2.05) is 25.7 Å². The van der Waals surface area contributed by atoms with Crippen molar-refractivity contribution in [3.8, 4) is 0 Å². The molecule has 4 heteroatoms. The molecule has 1 heterocycles. The van der Waals surface area contributed by atoms with Crippen LogP contribution in [0.1, 0.15) is 47.0 Å². The van der Waals surface area contributed by atoms with Crippen LogP contribution in [0, 0.1) is 11.8 Å². The summed E-state index contributed by atoms with van der Waals surface area (Å²) in [6.45, 7) is 8.85. The number of nitrogens with zero attached hydrogens (tertiary/aromatic N) is 1. The van der Waals surface area contributed by atoms with Gasteiger partial charge in [-0.05, 0) is 39.5 Å². The minimum atomic E-state index is -0.186. The van der Waals surface area contributed by atoms with Crippen LogP contribution in [-0.4, -0.2) is 34.0 Å². The van der Waals surface area contributed by atoms with E-state index in [1.165, 1.54) is 0 Å². The third-order valence-electron chi connectivity index (χ3n) is 3.58. The topological polar surface area (TPSA) is 37.4 Å². The fourth-order valence-electron chi connectivity index (χ4n) is 2.46. The Labute approximate surface area is 118 Å². The van der Waals surface area contributed by atoms with Gasteiger partial charge in [-0.3, -0.25) is 9.59 Å². The van der Waals surface area contributed by atoms with Gasteiger partial charge in [-0.1, -0.05) is 22.9 Å². The van der Waals surface area contributed by atoms with Gasteiger partial charge < -0.3 is 4.90 Å². The number of hydrogen-bond acceptors (Lipinski definition) is 2. The molecule has 0 aliphatic carbocycles. The lowest BCUT2D eigenvalue weighted by Gasteiger charge is -2.41. The van der Waals surface area contributed by atoms with E-state index in [9.17, 15) is 9.59 Å². The zero-order chi connectivity index (χ0) is 13.9. The van der Waals surface area contributed by atoms with Crippen molar-refractivity contribution >= 4 is 27.6 Å². The SMILES string of the molecule is CC(CCBr)C[C@@H]1CN(C(C)(C)C)C(=O)CC1=O. The molecule has 1 unspecified atom stereocenters. The Bertz CT molecular complexity index is 322. The lowest BCUT2D eigenvalue weighted by molar-refractivity contribution is -0.147. The normalized spacial score (nSPS) is 23.4. The largest absolute Gasteiger partial charge is 0.337 e. The van der Waals surface area contributed by atoms with E-state index < -0.39 is 0 Å². The van der Waals surface area contributed by atoms with Crippen LogP contribution in [0.2, 0.25) is 0 Å². The first kappa shape index (κ1) is 15.7. The molecular formula is C14H24BrNO2. The maximum absolute atomic E-state index is 12.0. The van der Waals surface area contributed by atoms with Crippen molar-refractivity contribution in [2.75, 3.05) is 11.9 Å². The minimum absolute atomic E-state index is 0.0168. The number of ketones is 1. The molecule has 1 saturated heterocycles. The Kier molecular flexibility index (Phi) is 5.38. The quantitative estimate of drug-likeness (QED) is 0.590. The highest BCUT2D eigenvalue weighted by molar-refractivity contribution is 9.09. The Balaban J connectivity index is 2.69. The van der Waals surface area contributed by atoms with Crippen LogP contribution in [0.4, 0.5) is 0 Å². The van der Waals surface area contributed by atoms with Gasteiger partial charge >= 0.3 is 0 Å². The van der Waals surface area contributed by atoms with Crippen molar-refractivity contribution in [2.45, 2.75) is 52.5 Å². The van der Waals surface area contributed by atoms with E-state index in [2.05, 4.69) is 22.9 Å². The van der Waals surface area contributed by atoms with E-state index in [1.54, 1.807) is 0 Å². The van der Waals surface area contributed by atoms with E-state index >= 15 is 0 Å². The first-order valence-corrected chi connectivity index (χ1v) is 7.77. The summed E-state index contributed by atoms with van der Waals surface area (Å²) in [7, 11) is 0. The molecule has 0 N–H and O–H groups in total. The Morgan fingerprint density at radius 2 is 2.00 bits per heavy atom. The van der Waals surface area contributed by atoms with Crippen molar-refractivity contribution in [3.05, 3.63) is 0 Å². The van der Waals surface area contributed by atoms with Crippen LogP contribution in [-0.2, 0) is 9.59 Å². The van der Waals surface area contributed by atoms with Crippen molar-refractivity contribution in [1.82, 2.24) is 4.90 Å². The standard InChI is InChI=1S/C14H24BrNO2/c1-10(5-6-15)7-11-9-16(14(2,3)4)13(18)8-12(11)17/h10-11H,5-9H2,1-4H3/t10?,11-/m1/s1. The van der Waals surface area contributed by atoms with Crippen LogP contribution in [0.25, 0.3) is 0 Å². The van der Waals surface area contributed by atoms with Gasteiger partial charge in [-0.15, -0.1) is 0 Å². The van der Waals surface area contributed by atoms with Gasteiger partial charge in [0.25, 0.3) is 0 Å². The molecule has 0 aromatic rings. The molecule has 1 amide bonds. The van der Waals surface area contributed by atoms with E-state index in [4.69, 9.17) is 0 Å². The predicted molar refractivity (Wildman–Crippen MR) is 76.8 cm³/mol. The highest BCUT2D eigenvalue weighted by Crippen LogP contribution is 2.27. The van der Waals surface area contributed by atoms with Crippen molar-refractivity contribution in [3.63, 3.8) is 0 Å². The highest BCUT2D eigenvalue weighted by Gasteiger charge is 2.37. The summed E-state index contributed by atoms with van der Waals surface area (Å²) in [5, 5.41) is 0.969. The highest BCUT2D eigenvalue weighted by atomic mass is 79.9. The number of hydrogen-bond donors (Lipinski definition) is 0. The van der Waals surface area contributed by atoms with Crippen molar-refractivity contribution < 1.29 is 9.59 Å². The molecule has 2 atom stereocenters. The number of likely N-dealkylation sites (tertiary alicyclic amines) is 1. The first-order chi connectivity index (χ1) is 8.25. The summed E-state index contributed by atoms with van der Waals surface area (Å²) in [4.78, 5) is 25.7. The number of rotatable bonds is 4. The van der Waals surface area contributed by atoms with Crippen molar-refractivity contribution in [2.24, 2.45) is 11.8 Å². The van der Waals surface area contributed by atoms with E-state index in [-0.39, 0.29) is 29.6 Å². The average Bonchev–Trinajstić information content (AvgIpc) is 2.20. The number of alkyl halides is 1. The molecule has 18 heavy (non-hydrogen) atoms. The van der Waals surface area contributed by atoms with Gasteiger partial charge in [0.05, 0.1) is 6.42 Å². The third kappa shape index (κ3) is 4.08. The van der Waals surface area contributed by atoms with Gasteiger partial charge in [-0.25, -0.2) is 0 Å². The first-order valence-electron chi connectivity index (χ1n) is 6.65. The van der Waals surface area contributed by atoms with Gasteiger partial charge in [0.2, 0.25) is 5.91 Å². The van der Waals surface area contributed by atoms with Gasteiger partial charge in [0.15, 0.2) is 0 Å². The van der Waals surface area contributed by atoms with Gasteiger partial charge in [0, 0.05) is 23.3 Å². The van der Waals surface area contributed by atoms with E-state index in [0.29, 0.717) is 12.5 Å². The number of Topliss-reactive ketones (excluding diaryl/α,β-unsaturated/α-hetero) is 1. The number of halogens is 1. The molecule has 1 aliphatic heterocycles. The monoisotopic (exact) mass is 317 g/mol. The number of carbonyl (C=O) groups excluding carboxylic acids is 2. The van der Waals surface area contributed by atoms with Crippen LogP contribution in [0.15, 0.2) is 0 Å². The molecule has 1 rings (SSSR count). The lowest BCUT2D eigenvalue weighted by Crippen LogP contribution is -2.53. The van der Waals surface area contributed by atoms with Crippen LogP contribution in [0.3, 0.4) is 0 Å². The summed E-state index contributed by atoms with van der Waals surface area (Å²) in [6, 6.07) is 0. The van der Waals surface area contributed by atoms with Crippen LogP contribution >= 0.6 is 15.9 Å².